The first-order valence-electron chi connectivity index (χ1n) is 6.66. The number of benzene rings is 2. The molecule has 4 heteroatoms. The topological polar surface area (TPSA) is 53.7 Å². The van der Waals surface area contributed by atoms with Crippen LogP contribution in [0.15, 0.2) is 42.5 Å². The molecule has 20 heavy (non-hydrogen) atoms. The molecule has 0 aliphatic carbocycles. The molecule has 0 saturated heterocycles. The van der Waals surface area contributed by atoms with E-state index < -0.39 is 0 Å². The second kappa shape index (κ2) is 6.70. The van der Waals surface area contributed by atoms with Crippen LogP contribution in [0.25, 0.3) is 0 Å². The molecule has 0 unspecified atom stereocenters. The molecule has 0 bridgehead atoms. The molecular formula is C16H19NO3. The Morgan fingerprint density at radius 2 is 1.50 bits per heavy atom. The van der Waals surface area contributed by atoms with Crippen LogP contribution in [0.3, 0.4) is 0 Å². The first-order chi connectivity index (χ1) is 9.74. The first kappa shape index (κ1) is 14.1. The Labute approximate surface area is 119 Å². The van der Waals surface area contributed by atoms with Gasteiger partial charge in [-0.3, -0.25) is 0 Å². The average Bonchev–Trinajstić information content (AvgIpc) is 2.44. The Balaban J connectivity index is 2.21. The lowest BCUT2D eigenvalue weighted by Crippen LogP contribution is -1.99. The summed E-state index contributed by atoms with van der Waals surface area (Å²) in [5.41, 5.74) is 6.53. The zero-order valence-corrected chi connectivity index (χ0v) is 11.8. The Hall–Kier alpha value is -2.36. The van der Waals surface area contributed by atoms with Crippen molar-refractivity contribution in [2.75, 3.05) is 18.9 Å². The van der Waals surface area contributed by atoms with Crippen molar-refractivity contribution in [3.63, 3.8) is 0 Å². The molecular weight excluding hydrogens is 254 g/mol. The van der Waals surface area contributed by atoms with Crippen LogP contribution in [-0.2, 0) is 0 Å². The molecule has 0 fully saturated rings. The van der Waals surface area contributed by atoms with E-state index in [-0.39, 0.29) is 0 Å². The van der Waals surface area contributed by atoms with E-state index in [2.05, 4.69) is 0 Å². The van der Waals surface area contributed by atoms with Gasteiger partial charge in [-0.05, 0) is 38.1 Å². The molecule has 0 radical (unpaired) electrons. The fourth-order valence-corrected chi connectivity index (χ4v) is 1.82. The molecule has 4 nitrogen and oxygen atoms in total. The smallest absolute Gasteiger partial charge is 0.154 e. The maximum atomic E-state index is 6.03. The van der Waals surface area contributed by atoms with E-state index in [1.54, 1.807) is 0 Å². The van der Waals surface area contributed by atoms with Gasteiger partial charge in [0.15, 0.2) is 5.75 Å². The molecule has 0 aromatic heterocycles. The van der Waals surface area contributed by atoms with Crippen molar-refractivity contribution in [3.8, 4) is 23.0 Å². The largest absolute Gasteiger partial charge is 0.494 e. The molecule has 2 rings (SSSR count). The number of nitrogen functional groups attached to an aromatic ring is 1. The third-order valence-corrected chi connectivity index (χ3v) is 2.67. The summed E-state index contributed by atoms with van der Waals surface area (Å²) in [5.74, 6) is 2.65. The number of hydrogen-bond donors (Lipinski definition) is 1. The van der Waals surface area contributed by atoms with Crippen molar-refractivity contribution in [2.24, 2.45) is 0 Å². The van der Waals surface area contributed by atoms with Crippen molar-refractivity contribution < 1.29 is 14.2 Å². The van der Waals surface area contributed by atoms with E-state index in [4.69, 9.17) is 19.9 Å². The van der Waals surface area contributed by atoms with E-state index in [1.807, 2.05) is 56.3 Å². The van der Waals surface area contributed by atoms with E-state index >= 15 is 0 Å². The summed E-state index contributed by atoms with van der Waals surface area (Å²) in [5, 5.41) is 0. The van der Waals surface area contributed by atoms with Gasteiger partial charge in [0, 0.05) is 6.07 Å². The molecule has 0 aliphatic heterocycles. The summed E-state index contributed by atoms with van der Waals surface area (Å²) in [6.07, 6.45) is 0. The summed E-state index contributed by atoms with van der Waals surface area (Å²) in [4.78, 5) is 0. The van der Waals surface area contributed by atoms with Gasteiger partial charge in [-0.25, -0.2) is 0 Å². The SMILES string of the molecule is CCOc1cccc(Oc2cccc(OCC)c2N)c1. The van der Waals surface area contributed by atoms with Crippen LogP contribution >= 0.6 is 0 Å². The standard InChI is InChI=1S/C16H19NO3/c1-3-18-12-7-5-8-13(11-12)20-15-10-6-9-14(16(15)17)19-4-2/h5-11H,3-4,17H2,1-2H3. The molecule has 0 amide bonds. The van der Waals surface area contributed by atoms with Crippen LogP contribution in [0.1, 0.15) is 13.8 Å². The lowest BCUT2D eigenvalue weighted by Gasteiger charge is -2.13. The highest BCUT2D eigenvalue weighted by Crippen LogP contribution is 2.35. The number of para-hydroxylation sites is 1. The number of rotatable bonds is 6. The van der Waals surface area contributed by atoms with Crippen molar-refractivity contribution in [1.82, 2.24) is 0 Å². The van der Waals surface area contributed by atoms with Crippen LogP contribution in [0.4, 0.5) is 5.69 Å². The van der Waals surface area contributed by atoms with Crippen LogP contribution in [0.2, 0.25) is 0 Å². The maximum absolute atomic E-state index is 6.03. The van der Waals surface area contributed by atoms with E-state index in [1.165, 1.54) is 0 Å². The Kier molecular flexibility index (Phi) is 4.71. The predicted octanol–water partition coefficient (Wildman–Crippen LogP) is 3.86. The second-order valence-electron chi connectivity index (χ2n) is 4.11. The minimum atomic E-state index is 0.496. The zero-order valence-electron chi connectivity index (χ0n) is 11.8. The molecule has 0 atom stereocenters. The third kappa shape index (κ3) is 3.35. The molecule has 2 N–H and O–H groups in total. The fraction of sp³-hybridized carbons (Fsp3) is 0.250. The van der Waals surface area contributed by atoms with Gasteiger partial charge in [-0.1, -0.05) is 12.1 Å². The third-order valence-electron chi connectivity index (χ3n) is 2.67. The van der Waals surface area contributed by atoms with Gasteiger partial charge < -0.3 is 19.9 Å². The van der Waals surface area contributed by atoms with Crippen LogP contribution in [0, 0.1) is 0 Å². The summed E-state index contributed by atoms with van der Waals surface area (Å²) >= 11 is 0. The monoisotopic (exact) mass is 273 g/mol. The number of nitrogens with two attached hydrogens (primary N) is 1. The van der Waals surface area contributed by atoms with Crippen molar-refractivity contribution in [3.05, 3.63) is 42.5 Å². The van der Waals surface area contributed by atoms with Crippen LogP contribution < -0.4 is 19.9 Å². The highest BCUT2D eigenvalue weighted by atomic mass is 16.5. The minimum absolute atomic E-state index is 0.496. The Morgan fingerprint density at radius 1 is 0.850 bits per heavy atom. The predicted molar refractivity (Wildman–Crippen MR) is 79.7 cm³/mol. The maximum Gasteiger partial charge on any atom is 0.154 e. The van der Waals surface area contributed by atoms with Gasteiger partial charge in [0.05, 0.1) is 13.2 Å². The molecule has 0 saturated carbocycles. The highest BCUT2D eigenvalue weighted by Gasteiger charge is 2.08. The summed E-state index contributed by atoms with van der Waals surface area (Å²) in [6.45, 7) is 5.04. The molecule has 2 aromatic rings. The van der Waals surface area contributed by atoms with Gasteiger partial charge in [0.2, 0.25) is 0 Å². The molecule has 0 heterocycles. The molecule has 0 aliphatic rings. The first-order valence-corrected chi connectivity index (χ1v) is 6.66. The molecule has 2 aromatic carbocycles. The number of hydrogen-bond acceptors (Lipinski definition) is 4. The van der Waals surface area contributed by atoms with Crippen LogP contribution in [0.5, 0.6) is 23.0 Å². The van der Waals surface area contributed by atoms with E-state index in [9.17, 15) is 0 Å². The molecule has 106 valence electrons. The highest BCUT2D eigenvalue weighted by molar-refractivity contribution is 5.63. The lowest BCUT2D eigenvalue weighted by molar-refractivity contribution is 0.337. The summed E-state index contributed by atoms with van der Waals surface area (Å²) in [7, 11) is 0. The van der Waals surface area contributed by atoms with Crippen molar-refractivity contribution in [2.45, 2.75) is 13.8 Å². The normalized spacial score (nSPS) is 10.1. The molecule has 0 spiro atoms. The zero-order chi connectivity index (χ0) is 14.4. The average molecular weight is 273 g/mol. The van der Waals surface area contributed by atoms with Gasteiger partial charge >= 0.3 is 0 Å². The quantitative estimate of drug-likeness (QED) is 0.812. The van der Waals surface area contributed by atoms with Gasteiger partial charge in [-0.2, -0.15) is 0 Å². The van der Waals surface area contributed by atoms with Crippen molar-refractivity contribution in [1.29, 1.82) is 0 Å². The van der Waals surface area contributed by atoms with Gasteiger partial charge in [0.25, 0.3) is 0 Å². The lowest BCUT2D eigenvalue weighted by atomic mass is 10.2. The Morgan fingerprint density at radius 3 is 2.25 bits per heavy atom. The van der Waals surface area contributed by atoms with Gasteiger partial charge in [0.1, 0.15) is 22.9 Å². The summed E-state index contributed by atoms with van der Waals surface area (Å²) in [6, 6.07) is 12.9. The van der Waals surface area contributed by atoms with E-state index in [0.717, 1.165) is 5.75 Å². The second-order valence-corrected chi connectivity index (χ2v) is 4.11. The van der Waals surface area contributed by atoms with Crippen LogP contribution in [-0.4, -0.2) is 13.2 Å². The fourth-order valence-electron chi connectivity index (χ4n) is 1.82. The van der Waals surface area contributed by atoms with E-state index in [0.29, 0.717) is 36.1 Å². The van der Waals surface area contributed by atoms with Gasteiger partial charge in [-0.15, -0.1) is 0 Å². The minimum Gasteiger partial charge on any atom is -0.494 e. The van der Waals surface area contributed by atoms with Crippen molar-refractivity contribution >= 4 is 5.69 Å². The Bertz CT molecular complexity index is 569. The number of ether oxygens (including phenoxy) is 3. The number of anilines is 1. The summed E-state index contributed by atoms with van der Waals surface area (Å²) < 4.78 is 16.7.